The number of carbonyl (C=O) groups is 5. The standard InChI is InChI=1S/C37H39N7O5/c38-32(45)24-9-25(33(39)46)11-26(10-24)44-36(49)29(23-4-2-1-3-5-23)17-40-34(47)27-12-30-31(43-19-42-30)13-28(27)35(48)41-18-37-14-20-6-21(15-37)8-22(7-20)16-37/h1-5,9-13,19-22,29H,6-8,14-18H2,(H2,38,45)(H2,39,46)(H,40,47)(H,41,48)(H,42,43)(H,44,49). The van der Waals surface area contributed by atoms with Gasteiger partial charge in [-0.15, -0.1) is 0 Å². The highest BCUT2D eigenvalue weighted by molar-refractivity contribution is 6.10. The molecule has 1 heterocycles. The summed E-state index contributed by atoms with van der Waals surface area (Å²) in [5, 5.41) is 8.78. The molecule has 4 aromatic rings. The summed E-state index contributed by atoms with van der Waals surface area (Å²) >= 11 is 0. The molecule has 8 rings (SSSR count). The second-order valence-corrected chi connectivity index (χ2v) is 14.1. The van der Waals surface area contributed by atoms with Gasteiger partial charge in [0.15, 0.2) is 0 Å². The van der Waals surface area contributed by atoms with Crippen LogP contribution in [-0.4, -0.2) is 52.6 Å². The van der Waals surface area contributed by atoms with Crippen molar-refractivity contribution in [2.24, 2.45) is 34.6 Å². The summed E-state index contributed by atoms with van der Waals surface area (Å²) in [6.45, 7) is 0.460. The van der Waals surface area contributed by atoms with E-state index in [1.165, 1.54) is 43.8 Å². The molecule has 12 nitrogen and oxygen atoms in total. The zero-order valence-electron chi connectivity index (χ0n) is 27.0. The Morgan fingerprint density at radius 1 is 0.796 bits per heavy atom. The van der Waals surface area contributed by atoms with Crippen LogP contribution < -0.4 is 27.4 Å². The Morgan fingerprint density at radius 2 is 1.39 bits per heavy atom. The van der Waals surface area contributed by atoms with E-state index in [1.54, 1.807) is 42.5 Å². The number of aromatic amines is 1. The lowest BCUT2D eigenvalue weighted by molar-refractivity contribution is -0.117. The predicted molar refractivity (Wildman–Crippen MR) is 183 cm³/mol. The molecule has 4 fully saturated rings. The highest BCUT2D eigenvalue weighted by atomic mass is 16.2. The molecule has 8 N–H and O–H groups in total. The first-order valence-electron chi connectivity index (χ1n) is 16.7. The lowest BCUT2D eigenvalue weighted by Gasteiger charge is -2.56. The fraction of sp³-hybridized carbons (Fsp3) is 0.351. The predicted octanol–water partition coefficient (Wildman–Crippen LogP) is 3.86. The van der Waals surface area contributed by atoms with Crippen LogP contribution in [0.4, 0.5) is 5.69 Å². The minimum atomic E-state index is -0.887. The first-order chi connectivity index (χ1) is 23.6. The first-order valence-corrected chi connectivity index (χ1v) is 16.7. The van der Waals surface area contributed by atoms with Crippen molar-refractivity contribution in [2.45, 2.75) is 44.4 Å². The minimum absolute atomic E-state index is 0.000999. The molecular formula is C37H39N7O5. The van der Waals surface area contributed by atoms with Crippen LogP contribution in [0.5, 0.6) is 0 Å². The van der Waals surface area contributed by atoms with Gasteiger partial charge in [-0.25, -0.2) is 4.98 Å². The van der Waals surface area contributed by atoms with E-state index in [0.717, 1.165) is 37.0 Å². The van der Waals surface area contributed by atoms with Crippen LogP contribution in [0.1, 0.15) is 91.4 Å². The summed E-state index contributed by atoms with van der Waals surface area (Å²) in [6, 6.07) is 16.0. The van der Waals surface area contributed by atoms with Crippen LogP contribution in [0.25, 0.3) is 11.0 Å². The number of hydrogen-bond acceptors (Lipinski definition) is 6. The van der Waals surface area contributed by atoms with E-state index in [-0.39, 0.29) is 45.8 Å². The molecule has 1 atom stereocenters. The van der Waals surface area contributed by atoms with Gasteiger partial charge in [0.1, 0.15) is 0 Å². The fourth-order valence-electron chi connectivity index (χ4n) is 8.78. The monoisotopic (exact) mass is 661 g/mol. The first kappa shape index (κ1) is 32.0. The number of imidazole rings is 1. The van der Waals surface area contributed by atoms with Crippen molar-refractivity contribution in [3.63, 3.8) is 0 Å². The quantitative estimate of drug-likeness (QED) is 0.141. The zero-order chi connectivity index (χ0) is 34.3. The van der Waals surface area contributed by atoms with Gasteiger partial charge in [-0.1, -0.05) is 30.3 Å². The van der Waals surface area contributed by atoms with Gasteiger partial charge in [0.05, 0.1) is 34.4 Å². The van der Waals surface area contributed by atoms with E-state index >= 15 is 0 Å². The van der Waals surface area contributed by atoms with Gasteiger partial charge in [-0.2, -0.15) is 0 Å². The van der Waals surface area contributed by atoms with Crippen LogP contribution in [0.2, 0.25) is 0 Å². The Morgan fingerprint density at radius 3 is 2.00 bits per heavy atom. The maximum Gasteiger partial charge on any atom is 0.252 e. The van der Waals surface area contributed by atoms with Crippen molar-refractivity contribution in [3.8, 4) is 0 Å². The van der Waals surface area contributed by atoms with Gasteiger partial charge in [-0.3, -0.25) is 24.0 Å². The molecule has 0 spiro atoms. The van der Waals surface area contributed by atoms with Crippen molar-refractivity contribution >= 4 is 46.3 Å². The average Bonchev–Trinajstić information content (AvgIpc) is 3.54. The zero-order valence-corrected chi connectivity index (χ0v) is 27.0. The lowest BCUT2D eigenvalue weighted by Crippen LogP contribution is -2.51. The third kappa shape index (κ3) is 6.63. The fourth-order valence-corrected chi connectivity index (χ4v) is 8.78. The number of nitrogens with zero attached hydrogens (tertiary/aromatic N) is 1. The number of primary amides is 2. The molecule has 4 saturated carbocycles. The number of nitrogens with two attached hydrogens (primary N) is 2. The second kappa shape index (κ2) is 12.8. The van der Waals surface area contributed by atoms with E-state index in [4.69, 9.17) is 11.5 Å². The van der Waals surface area contributed by atoms with Gasteiger partial charge < -0.3 is 32.4 Å². The maximum absolute atomic E-state index is 13.9. The number of carbonyl (C=O) groups excluding carboxylic acids is 5. The molecule has 4 aliphatic carbocycles. The summed E-state index contributed by atoms with van der Waals surface area (Å²) in [5.74, 6) is -1.61. The highest BCUT2D eigenvalue weighted by Gasteiger charge is 2.50. The van der Waals surface area contributed by atoms with Crippen molar-refractivity contribution < 1.29 is 24.0 Å². The number of benzene rings is 3. The molecular weight excluding hydrogens is 622 g/mol. The molecule has 0 saturated heterocycles. The third-order valence-corrected chi connectivity index (χ3v) is 10.6. The molecule has 1 unspecified atom stereocenters. The van der Waals surface area contributed by atoms with Gasteiger partial charge in [0, 0.05) is 29.9 Å². The summed E-state index contributed by atoms with van der Waals surface area (Å²) in [4.78, 5) is 72.4. The van der Waals surface area contributed by atoms with Crippen molar-refractivity contribution in [1.29, 1.82) is 0 Å². The Balaban J connectivity index is 1.11. The second-order valence-electron chi connectivity index (χ2n) is 14.1. The highest BCUT2D eigenvalue weighted by Crippen LogP contribution is 2.59. The SMILES string of the molecule is NC(=O)c1cc(NC(=O)C(CNC(=O)c2cc3nc[nH]c3cc2C(=O)NCC23CC4CC(CC(C4)C2)C3)c2ccccc2)cc(C(N)=O)c1. The molecule has 252 valence electrons. The van der Waals surface area contributed by atoms with Gasteiger partial charge >= 0.3 is 0 Å². The molecule has 49 heavy (non-hydrogen) atoms. The molecule has 4 bridgehead atoms. The summed E-state index contributed by atoms with van der Waals surface area (Å²) < 4.78 is 0. The number of rotatable bonds is 11. The molecule has 1 aromatic heterocycles. The van der Waals surface area contributed by atoms with E-state index in [2.05, 4.69) is 25.9 Å². The van der Waals surface area contributed by atoms with Gasteiger partial charge in [0.25, 0.3) is 11.8 Å². The summed E-state index contributed by atoms with van der Waals surface area (Å²) in [6.07, 6.45) is 8.87. The van der Waals surface area contributed by atoms with Crippen LogP contribution in [-0.2, 0) is 4.79 Å². The molecule has 12 heteroatoms. The minimum Gasteiger partial charge on any atom is -0.366 e. The van der Waals surface area contributed by atoms with Crippen molar-refractivity contribution in [2.75, 3.05) is 18.4 Å². The van der Waals surface area contributed by atoms with E-state index in [0.29, 0.717) is 23.1 Å². The van der Waals surface area contributed by atoms with Crippen molar-refractivity contribution in [3.05, 3.63) is 94.8 Å². The molecule has 5 amide bonds. The van der Waals surface area contributed by atoms with Crippen LogP contribution in [0.15, 0.2) is 67.0 Å². The third-order valence-electron chi connectivity index (χ3n) is 10.6. The number of amides is 5. The Kier molecular flexibility index (Phi) is 8.39. The summed E-state index contributed by atoms with van der Waals surface area (Å²) in [5.41, 5.74) is 13.3. The van der Waals surface area contributed by atoms with Crippen molar-refractivity contribution in [1.82, 2.24) is 20.6 Å². The normalized spacial score (nSPS) is 22.7. The van der Waals surface area contributed by atoms with E-state index < -0.39 is 29.5 Å². The Hall–Kier alpha value is -5.52. The molecule has 3 aromatic carbocycles. The number of H-pyrrole nitrogens is 1. The Bertz CT molecular complexity index is 1900. The molecule has 0 radical (unpaired) electrons. The van der Waals surface area contributed by atoms with Crippen LogP contribution >= 0.6 is 0 Å². The molecule has 4 aliphatic rings. The number of nitrogens with one attached hydrogen (secondary N) is 4. The van der Waals surface area contributed by atoms with Gasteiger partial charge in [-0.05, 0) is 97.6 Å². The van der Waals surface area contributed by atoms with Gasteiger partial charge in [0.2, 0.25) is 17.7 Å². The Labute approximate surface area is 282 Å². The maximum atomic E-state index is 13.9. The topological polar surface area (TPSA) is 202 Å². The largest absolute Gasteiger partial charge is 0.366 e. The molecule has 0 aliphatic heterocycles. The average molecular weight is 662 g/mol. The number of anilines is 1. The van der Waals surface area contributed by atoms with Crippen LogP contribution in [0.3, 0.4) is 0 Å². The number of fused-ring (bicyclic) bond motifs is 1. The smallest absolute Gasteiger partial charge is 0.252 e. The number of aromatic nitrogens is 2. The summed E-state index contributed by atoms with van der Waals surface area (Å²) in [7, 11) is 0. The van der Waals surface area contributed by atoms with Crippen LogP contribution in [0, 0.1) is 23.2 Å². The van der Waals surface area contributed by atoms with E-state index in [1.807, 2.05) is 0 Å². The lowest BCUT2D eigenvalue weighted by atomic mass is 9.49. The number of hydrogen-bond donors (Lipinski definition) is 6. The van der Waals surface area contributed by atoms with E-state index in [9.17, 15) is 24.0 Å².